The number of nitrogens with zero attached hydrogens (tertiary/aromatic N) is 2. The van der Waals surface area contributed by atoms with Crippen molar-refractivity contribution in [1.29, 1.82) is 0 Å². The number of anilines is 1. The van der Waals surface area contributed by atoms with Gasteiger partial charge in [-0.05, 0) is 35.9 Å². The van der Waals surface area contributed by atoms with Gasteiger partial charge in [-0.2, -0.15) is 0 Å². The summed E-state index contributed by atoms with van der Waals surface area (Å²) in [5.74, 6) is 0.782. The van der Waals surface area contributed by atoms with Gasteiger partial charge in [-0.15, -0.1) is 11.8 Å². The van der Waals surface area contributed by atoms with Crippen molar-refractivity contribution in [2.75, 3.05) is 17.2 Å². The summed E-state index contributed by atoms with van der Waals surface area (Å²) in [7, 11) is 0. The molecular weight excluding hydrogens is 312 g/mol. The number of non-ortho nitro benzene ring substituents is 1. The topological polar surface area (TPSA) is 63.4 Å². The Kier molecular flexibility index (Phi) is 4.43. The molecule has 2 aromatic rings. The zero-order valence-electron chi connectivity index (χ0n) is 12.2. The number of para-hydroxylation sites is 1. The summed E-state index contributed by atoms with van der Waals surface area (Å²) in [6.45, 7) is 0.672. The summed E-state index contributed by atoms with van der Waals surface area (Å²) in [4.78, 5) is 25.5. The third-order valence-electron chi connectivity index (χ3n) is 3.52. The largest absolute Gasteiger partial charge is 0.307 e. The molecular formula is C17H14N2O3S. The van der Waals surface area contributed by atoms with Gasteiger partial charge in [0, 0.05) is 35.4 Å². The normalized spacial score (nSPS) is 13.8. The van der Waals surface area contributed by atoms with Gasteiger partial charge in [0.05, 0.1) is 10.6 Å². The first kappa shape index (κ1) is 15.3. The second kappa shape index (κ2) is 6.66. The van der Waals surface area contributed by atoms with Crippen LogP contribution >= 0.6 is 11.8 Å². The number of carbonyl (C=O) groups is 1. The molecule has 2 aromatic carbocycles. The van der Waals surface area contributed by atoms with E-state index in [1.54, 1.807) is 34.9 Å². The lowest BCUT2D eigenvalue weighted by Gasteiger charge is -2.27. The second-order valence-electron chi connectivity index (χ2n) is 4.99. The lowest BCUT2D eigenvalue weighted by molar-refractivity contribution is -0.384. The molecule has 0 aliphatic carbocycles. The smallest absolute Gasteiger partial charge is 0.269 e. The number of thioether (sulfide) groups is 1. The molecule has 3 rings (SSSR count). The Hall–Kier alpha value is -2.60. The van der Waals surface area contributed by atoms with E-state index >= 15 is 0 Å². The average Bonchev–Trinajstić information content (AvgIpc) is 2.59. The minimum Gasteiger partial charge on any atom is -0.307 e. The molecule has 6 heteroatoms. The molecule has 0 N–H and O–H groups in total. The molecule has 0 bridgehead atoms. The van der Waals surface area contributed by atoms with Gasteiger partial charge in [-0.1, -0.05) is 12.1 Å². The van der Waals surface area contributed by atoms with Crippen LogP contribution < -0.4 is 4.90 Å². The van der Waals surface area contributed by atoms with Crippen molar-refractivity contribution in [2.24, 2.45) is 0 Å². The highest BCUT2D eigenvalue weighted by molar-refractivity contribution is 7.99. The predicted molar refractivity (Wildman–Crippen MR) is 91.6 cm³/mol. The minimum atomic E-state index is -0.443. The molecule has 0 fully saturated rings. The second-order valence-corrected chi connectivity index (χ2v) is 6.12. The summed E-state index contributed by atoms with van der Waals surface area (Å²) < 4.78 is 0. The van der Waals surface area contributed by atoms with Crippen LogP contribution in [-0.2, 0) is 4.79 Å². The first-order valence-electron chi connectivity index (χ1n) is 7.11. The van der Waals surface area contributed by atoms with Gasteiger partial charge >= 0.3 is 0 Å². The van der Waals surface area contributed by atoms with E-state index in [4.69, 9.17) is 0 Å². The van der Waals surface area contributed by atoms with E-state index in [1.807, 2.05) is 24.3 Å². The van der Waals surface area contributed by atoms with Crippen molar-refractivity contribution in [1.82, 2.24) is 0 Å². The number of nitro groups is 1. The van der Waals surface area contributed by atoms with Crippen LogP contribution in [0.25, 0.3) is 6.08 Å². The van der Waals surface area contributed by atoms with Gasteiger partial charge in [-0.25, -0.2) is 0 Å². The first-order chi connectivity index (χ1) is 11.1. The van der Waals surface area contributed by atoms with E-state index in [0.717, 1.165) is 21.9 Å². The summed E-state index contributed by atoms with van der Waals surface area (Å²) in [5, 5.41) is 10.6. The average molecular weight is 326 g/mol. The SMILES string of the molecule is O=C(/C=C/c1ccc([N+](=O)[O-])cc1)N1CCSc2ccccc21. The van der Waals surface area contributed by atoms with E-state index in [9.17, 15) is 14.9 Å². The third-order valence-corrected chi connectivity index (χ3v) is 4.56. The first-order valence-corrected chi connectivity index (χ1v) is 8.09. The van der Waals surface area contributed by atoms with Crippen molar-refractivity contribution >= 4 is 35.1 Å². The van der Waals surface area contributed by atoms with Crippen LogP contribution in [0.3, 0.4) is 0 Å². The highest BCUT2D eigenvalue weighted by atomic mass is 32.2. The Morgan fingerprint density at radius 3 is 2.65 bits per heavy atom. The van der Waals surface area contributed by atoms with Gasteiger partial charge in [-0.3, -0.25) is 14.9 Å². The fraction of sp³-hybridized carbons (Fsp3) is 0.118. The van der Waals surface area contributed by atoms with Crippen molar-refractivity contribution in [2.45, 2.75) is 4.90 Å². The monoisotopic (exact) mass is 326 g/mol. The molecule has 0 saturated carbocycles. The predicted octanol–water partition coefficient (Wildman–Crippen LogP) is 3.75. The van der Waals surface area contributed by atoms with Gasteiger partial charge < -0.3 is 4.90 Å². The van der Waals surface area contributed by atoms with E-state index in [0.29, 0.717) is 6.54 Å². The molecule has 0 spiro atoms. The Balaban J connectivity index is 1.76. The number of rotatable bonds is 3. The van der Waals surface area contributed by atoms with Crippen LogP contribution in [0.2, 0.25) is 0 Å². The van der Waals surface area contributed by atoms with E-state index < -0.39 is 4.92 Å². The Labute approximate surface area is 137 Å². The van der Waals surface area contributed by atoms with Crippen LogP contribution in [0.1, 0.15) is 5.56 Å². The highest BCUT2D eigenvalue weighted by Crippen LogP contribution is 2.34. The molecule has 0 unspecified atom stereocenters. The molecule has 1 amide bonds. The quantitative estimate of drug-likeness (QED) is 0.489. The van der Waals surface area contributed by atoms with E-state index in [-0.39, 0.29) is 11.6 Å². The Morgan fingerprint density at radius 1 is 1.17 bits per heavy atom. The van der Waals surface area contributed by atoms with Crippen LogP contribution in [-0.4, -0.2) is 23.1 Å². The fourth-order valence-electron chi connectivity index (χ4n) is 2.36. The summed E-state index contributed by atoms with van der Waals surface area (Å²) in [6.07, 6.45) is 3.18. The van der Waals surface area contributed by atoms with Crippen LogP contribution in [0.15, 0.2) is 59.5 Å². The fourth-order valence-corrected chi connectivity index (χ4v) is 3.36. The highest BCUT2D eigenvalue weighted by Gasteiger charge is 2.20. The number of carbonyl (C=O) groups excluding carboxylic acids is 1. The number of benzene rings is 2. The number of hydrogen-bond donors (Lipinski definition) is 0. The molecule has 0 atom stereocenters. The van der Waals surface area contributed by atoms with Crippen molar-refractivity contribution in [3.05, 3.63) is 70.3 Å². The number of hydrogen-bond acceptors (Lipinski definition) is 4. The molecule has 0 saturated heterocycles. The van der Waals surface area contributed by atoms with Crippen LogP contribution in [0, 0.1) is 10.1 Å². The van der Waals surface area contributed by atoms with Gasteiger partial charge in [0.15, 0.2) is 0 Å². The van der Waals surface area contributed by atoms with E-state index in [1.165, 1.54) is 18.2 Å². The Bertz CT molecular complexity index is 772. The van der Waals surface area contributed by atoms with Crippen molar-refractivity contribution in [3.8, 4) is 0 Å². The minimum absolute atomic E-state index is 0.0375. The Morgan fingerprint density at radius 2 is 1.91 bits per heavy atom. The van der Waals surface area contributed by atoms with Crippen molar-refractivity contribution < 1.29 is 9.72 Å². The van der Waals surface area contributed by atoms with Crippen LogP contribution in [0.4, 0.5) is 11.4 Å². The zero-order valence-corrected chi connectivity index (χ0v) is 13.0. The molecule has 1 heterocycles. The maximum atomic E-state index is 12.4. The van der Waals surface area contributed by atoms with Gasteiger partial charge in [0.1, 0.15) is 0 Å². The molecule has 0 aromatic heterocycles. The standard InChI is InChI=1S/C17H14N2O3S/c20-17(10-7-13-5-8-14(9-6-13)19(21)22)18-11-12-23-16-4-2-1-3-15(16)18/h1-10H,11-12H2/b10-7+. The number of amides is 1. The number of fused-ring (bicyclic) bond motifs is 1. The van der Waals surface area contributed by atoms with E-state index in [2.05, 4.69) is 0 Å². The zero-order chi connectivity index (χ0) is 16.2. The molecule has 5 nitrogen and oxygen atoms in total. The van der Waals surface area contributed by atoms with Crippen LogP contribution in [0.5, 0.6) is 0 Å². The molecule has 1 aliphatic rings. The molecule has 23 heavy (non-hydrogen) atoms. The maximum absolute atomic E-state index is 12.4. The lowest BCUT2D eigenvalue weighted by Crippen LogP contribution is -2.34. The molecule has 116 valence electrons. The molecule has 0 radical (unpaired) electrons. The van der Waals surface area contributed by atoms with Gasteiger partial charge in [0.25, 0.3) is 11.6 Å². The lowest BCUT2D eigenvalue weighted by atomic mass is 10.2. The molecule has 1 aliphatic heterocycles. The third kappa shape index (κ3) is 3.43. The van der Waals surface area contributed by atoms with Gasteiger partial charge in [0.2, 0.25) is 0 Å². The summed E-state index contributed by atoms with van der Waals surface area (Å²) in [6, 6.07) is 14.0. The summed E-state index contributed by atoms with van der Waals surface area (Å²) in [5.41, 5.74) is 1.72. The number of nitro benzene ring substituents is 1. The maximum Gasteiger partial charge on any atom is 0.269 e. The summed E-state index contributed by atoms with van der Waals surface area (Å²) >= 11 is 1.75. The van der Waals surface area contributed by atoms with Crippen molar-refractivity contribution in [3.63, 3.8) is 0 Å².